The maximum atomic E-state index is 12.5. The van der Waals surface area contributed by atoms with E-state index >= 15 is 0 Å². The molecule has 0 saturated carbocycles. The second-order valence-electron chi connectivity index (χ2n) is 6.22. The number of para-hydroxylation sites is 2. The van der Waals surface area contributed by atoms with E-state index in [-0.39, 0.29) is 12.5 Å². The molecule has 0 fully saturated rings. The van der Waals surface area contributed by atoms with Crippen molar-refractivity contribution in [1.82, 2.24) is 5.32 Å². The highest BCUT2D eigenvalue weighted by Crippen LogP contribution is 2.33. The zero-order valence-electron chi connectivity index (χ0n) is 14.6. The minimum atomic E-state index is -3.44. The van der Waals surface area contributed by atoms with E-state index in [2.05, 4.69) is 5.32 Å². The van der Waals surface area contributed by atoms with Crippen LogP contribution in [0, 0.1) is 0 Å². The summed E-state index contributed by atoms with van der Waals surface area (Å²) in [6.07, 6.45) is 1.45. The number of amides is 1. The van der Waals surface area contributed by atoms with Crippen molar-refractivity contribution in [1.29, 1.82) is 0 Å². The van der Waals surface area contributed by atoms with Crippen molar-refractivity contribution in [3.63, 3.8) is 0 Å². The van der Waals surface area contributed by atoms with Gasteiger partial charge in [0, 0.05) is 19.5 Å². The Morgan fingerprint density at radius 1 is 1.15 bits per heavy atom. The number of carbonyl (C=O) groups excluding carboxylic acids is 1. The van der Waals surface area contributed by atoms with Gasteiger partial charge >= 0.3 is 0 Å². The van der Waals surface area contributed by atoms with Gasteiger partial charge in [-0.25, -0.2) is 8.42 Å². The van der Waals surface area contributed by atoms with E-state index in [0.29, 0.717) is 24.4 Å². The van der Waals surface area contributed by atoms with Crippen LogP contribution in [0.2, 0.25) is 0 Å². The van der Waals surface area contributed by atoms with Crippen molar-refractivity contribution in [2.24, 2.45) is 0 Å². The molecule has 1 atom stereocenters. The first kappa shape index (κ1) is 18.3. The predicted octanol–water partition coefficient (Wildman–Crippen LogP) is 1.96. The molecule has 0 aromatic heterocycles. The van der Waals surface area contributed by atoms with E-state index in [1.807, 2.05) is 30.3 Å². The van der Waals surface area contributed by atoms with E-state index in [1.54, 1.807) is 24.3 Å². The summed E-state index contributed by atoms with van der Waals surface area (Å²) in [5, 5.41) is 2.88. The number of benzene rings is 2. The largest absolute Gasteiger partial charge is 0.478 e. The third kappa shape index (κ3) is 4.35. The van der Waals surface area contributed by atoms with Crippen LogP contribution in [0.15, 0.2) is 54.6 Å². The molecule has 1 aliphatic rings. The number of ether oxygens (including phenoxy) is 1. The molecule has 1 amide bonds. The van der Waals surface area contributed by atoms with Gasteiger partial charge in [-0.1, -0.05) is 42.5 Å². The molecule has 1 heterocycles. The second kappa shape index (κ2) is 7.78. The maximum Gasteiger partial charge on any atom is 0.261 e. The summed E-state index contributed by atoms with van der Waals surface area (Å²) in [6, 6.07) is 16.8. The average Bonchev–Trinajstić information content (AvgIpc) is 2.82. The van der Waals surface area contributed by atoms with Crippen molar-refractivity contribution in [2.75, 3.05) is 23.7 Å². The third-order valence-corrected chi connectivity index (χ3v) is 5.43. The first-order valence-corrected chi connectivity index (χ1v) is 10.3. The van der Waals surface area contributed by atoms with E-state index in [1.165, 1.54) is 4.31 Å². The summed E-state index contributed by atoms with van der Waals surface area (Å²) >= 11 is 0. The number of sulfonamides is 1. The summed E-state index contributed by atoms with van der Waals surface area (Å²) in [5.74, 6) is 0.171. The predicted molar refractivity (Wildman–Crippen MR) is 101 cm³/mol. The summed E-state index contributed by atoms with van der Waals surface area (Å²) in [7, 11) is -3.44. The zero-order valence-corrected chi connectivity index (χ0v) is 15.4. The number of carbonyl (C=O) groups is 1. The molecule has 0 bridgehead atoms. The minimum Gasteiger partial charge on any atom is -0.478 e. The minimum absolute atomic E-state index is 0.201. The van der Waals surface area contributed by atoms with E-state index in [0.717, 1.165) is 18.2 Å². The Kier molecular flexibility index (Phi) is 5.46. The van der Waals surface area contributed by atoms with Crippen LogP contribution in [0.1, 0.15) is 12.0 Å². The summed E-state index contributed by atoms with van der Waals surface area (Å²) in [6.45, 7) is 0.701. The number of rotatable bonds is 5. The van der Waals surface area contributed by atoms with Crippen LogP contribution in [-0.4, -0.2) is 39.8 Å². The van der Waals surface area contributed by atoms with Gasteiger partial charge in [-0.3, -0.25) is 9.10 Å². The Hall–Kier alpha value is -2.54. The van der Waals surface area contributed by atoms with Crippen LogP contribution in [0.3, 0.4) is 0 Å². The molecular weight excluding hydrogens is 352 g/mol. The van der Waals surface area contributed by atoms with Gasteiger partial charge in [-0.2, -0.15) is 0 Å². The Morgan fingerprint density at radius 2 is 1.85 bits per heavy atom. The fourth-order valence-corrected chi connectivity index (χ4v) is 3.89. The number of fused-ring (bicyclic) bond motifs is 1. The fraction of sp³-hybridized carbons (Fsp3) is 0.316. The smallest absolute Gasteiger partial charge is 0.261 e. The zero-order chi connectivity index (χ0) is 18.6. The van der Waals surface area contributed by atoms with Gasteiger partial charge < -0.3 is 10.1 Å². The first-order chi connectivity index (χ1) is 12.4. The van der Waals surface area contributed by atoms with Crippen LogP contribution in [0.5, 0.6) is 5.75 Å². The number of hydrogen-bond donors (Lipinski definition) is 1. The Morgan fingerprint density at radius 3 is 2.58 bits per heavy atom. The van der Waals surface area contributed by atoms with E-state index < -0.39 is 16.1 Å². The molecule has 138 valence electrons. The molecule has 7 heteroatoms. The van der Waals surface area contributed by atoms with Gasteiger partial charge in [0.05, 0.1) is 11.9 Å². The van der Waals surface area contributed by atoms with Crippen molar-refractivity contribution in [3.05, 3.63) is 60.2 Å². The molecule has 3 rings (SSSR count). The topological polar surface area (TPSA) is 75.7 Å². The average molecular weight is 374 g/mol. The van der Waals surface area contributed by atoms with Crippen LogP contribution in [0.4, 0.5) is 5.69 Å². The van der Waals surface area contributed by atoms with Crippen molar-refractivity contribution < 1.29 is 17.9 Å². The van der Waals surface area contributed by atoms with Crippen LogP contribution in [-0.2, 0) is 21.2 Å². The van der Waals surface area contributed by atoms with Crippen LogP contribution < -0.4 is 14.4 Å². The lowest BCUT2D eigenvalue weighted by Crippen LogP contribution is -2.40. The van der Waals surface area contributed by atoms with Gasteiger partial charge in [0.1, 0.15) is 5.75 Å². The van der Waals surface area contributed by atoms with Gasteiger partial charge in [-0.15, -0.1) is 0 Å². The van der Waals surface area contributed by atoms with Crippen molar-refractivity contribution in [3.8, 4) is 5.75 Å². The van der Waals surface area contributed by atoms with Crippen molar-refractivity contribution >= 4 is 21.6 Å². The lowest BCUT2D eigenvalue weighted by atomic mass is 10.1. The number of nitrogens with zero attached hydrogens (tertiary/aromatic N) is 1. The lowest BCUT2D eigenvalue weighted by molar-refractivity contribution is -0.128. The molecule has 6 nitrogen and oxygen atoms in total. The molecule has 0 aliphatic carbocycles. The number of anilines is 1. The highest BCUT2D eigenvalue weighted by molar-refractivity contribution is 7.92. The monoisotopic (exact) mass is 374 g/mol. The van der Waals surface area contributed by atoms with Crippen LogP contribution >= 0.6 is 0 Å². The highest BCUT2D eigenvalue weighted by atomic mass is 32.2. The number of hydrogen-bond acceptors (Lipinski definition) is 4. The summed E-state index contributed by atoms with van der Waals surface area (Å²) in [4.78, 5) is 12.5. The van der Waals surface area contributed by atoms with Gasteiger partial charge in [-0.05, 0) is 24.1 Å². The molecule has 2 aromatic rings. The fourth-order valence-electron chi connectivity index (χ4n) is 2.95. The first-order valence-electron chi connectivity index (χ1n) is 8.50. The molecule has 0 saturated heterocycles. The normalized spacial score (nSPS) is 17.0. The molecule has 0 unspecified atom stereocenters. The lowest BCUT2D eigenvalue weighted by Gasteiger charge is -2.20. The Bertz CT molecular complexity index is 868. The maximum absolute atomic E-state index is 12.5. The highest BCUT2D eigenvalue weighted by Gasteiger charge is 2.30. The molecule has 0 spiro atoms. The number of nitrogens with one attached hydrogen (secondary N) is 1. The molecular formula is C19H22N2O4S. The van der Waals surface area contributed by atoms with E-state index in [4.69, 9.17) is 4.74 Å². The Balaban J connectivity index is 1.67. The third-order valence-electron chi connectivity index (χ3n) is 4.25. The summed E-state index contributed by atoms with van der Waals surface area (Å²) < 4.78 is 31.3. The van der Waals surface area contributed by atoms with E-state index in [9.17, 15) is 13.2 Å². The van der Waals surface area contributed by atoms with Gasteiger partial charge in [0.25, 0.3) is 5.91 Å². The van der Waals surface area contributed by atoms with Crippen LogP contribution in [0.25, 0.3) is 0 Å². The molecule has 26 heavy (non-hydrogen) atoms. The Labute approximate surface area is 153 Å². The molecule has 1 N–H and O–H groups in total. The van der Waals surface area contributed by atoms with Gasteiger partial charge in [0.15, 0.2) is 6.10 Å². The standard InChI is InChI=1S/C19H22N2O4S/c1-26(23,24)21-14-12-18(25-17-10-6-5-9-16(17)21)19(22)20-13-11-15-7-3-2-4-8-15/h2-10,18H,11-14H2,1H3,(H,20,22)/t18-/m0/s1. The second-order valence-corrected chi connectivity index (χ2v) is 8.13. The van der Waals surface area contributed by atoms with Gasteiger partial charge in [0.2, 0.25) is 10.0 Å². The molecule has 1 aliphatic heterocycles. The van der Waals surface area contributed by atoms with Crippen molar-refractivity contribution in [2.45, 2.75) is 18.9 Å². The summed E-state index contributed by atoms with van der Waals surface area (Å²) in [5.41, 5.74) is 1.61. The molecule has 0 radical (unpaired) electrons. The quantitative estimate of drug-likeness (QED) is 0.868. The SMILES string of the molecule is CS(=O)(=O)N1CC[C@@H](C(=O)NCCc2ccccc2)Oc2ccccc21. The molecule has 2 aromatic carbocycles.